The minimum atomic E-state index is -0.241. The fourth-order valence-electron chi connectivity index (χ4n) is 1.90. The Morgan fingerprint density at radius 2 is 2.43 bits per heavy atom. The molecule has 0 saturated carbocycles. The second-order valence-electron chi connectivity index (χ2n) is 3.55. The number of rotatable bonds is 1. The molecule has 4 heteroatoms. The molecule has 0 saturated heterocycles. The van der Waals surface area contributed by atoms with Gasteiger partial charge in [-0.25, -0.2) is 0 Å². The van der Waals surface area contributed by atoms with E-state index >= 15 is 0 Å². The zero-order chi connectivity index (χ0) is 9.97. The lowest BCUT2D eigenvalue weighted by molar-refractivity contribution is -0.146. The molecule has 0 aromatic rings. The van der Waals surface area contributed by atoms with Gasteiger partial charge in [-0.2, -0.15) is 0 Å². The highest BCUT2D eigenvalue weighted by molar-refractivity contribution is 5.66. The van der Waals surface area contributed by atoms with Crippen molar-refractivity contribution in [2.45, 2.75) is 32.3 Å². The molecule has 0 radical (unpaired) electrons. The van der Waals surface area contributed by atoms with E-state index in [4.69, 9.17) is 14.2 Å². The number of hydrogen-bond donors (Lipinski definition) is 0. The lowest BCUT2D eigenvalue weighted by atomic mass is 9.94. The van der Waals surface area contributed by atoms with Gasteiger partial charge in [-0.15, -0.1) is 0 Å². The predicted octanol–water partition coefficient (Wildman–Crippen LogP) is 1.36. The Balaban J connectivity index is 2.12. The summed E-state index contributed by atoms with van der Waals surface area (Å²) in [5, 5.41) is 0. The monoisotopic (exact) mass is 198 g/mol. The van der Waals surface area contributed by atoms with Crippen LogP contribution in [-0.4, -0.2) is 25.5 Å². The summed E-state index contributed by atoms with van der Waals surface area (Å²) in [6.45, 7) is 2.29. The second kappa shape index (κ2) is 4.00. The quantitative estimate of drug-likeness (QED) is 0.597. The molecule has 78 valence electrons. The summed E-state index contributed by atoms with van der Waals surface area (Å²) >= 11 is 0. The van der Waals surface area contributed by atoms with Crippen LogP contribution >= 0.6 is 0 Å². The van der Waals surface area contributed by atoms with Crippen LogP contribution in [0.15, 0.2) is 11.3 Å². The summed E-state index contributed by atoms with van der Waals surface area (Å²) in [7, 11) is 0. The topological polar surface area (TPSA) is 44.8 Å². The third-order valence-electron chi connectivity index (χ3n) is 2.50. The van der Waals surface area contributed by atoms with E-state index < -0.39 is 0 Å². The van der Waals surface area contributed by atoms with Crippen molar-refractivity contribution < 1.29 is 19.0 Å². The first kappa shape index (κ1) is 9.52. The van der Waals surface area contributed by atoms with Crippen LogP contribution in [0.25, 0.3) is 0 Å². The molecular formula is C10H14O4. The van der Waals surface area contributed by atoms with E-state index in [2.05, 4.69) is 0 Å². The Labute approximate surface area is 82.8 Å². The van der Waals surface area contributed by atoms with Crippen molar-refractivity contribution in [3.8, 4) is 0 Å². The van der Waals surface area contributed by atoms with E-state index in [0.29, 0.717) is 13.4 Å². The zero-order valence-electron chi connectivity index (χ0n) is 8.25. The Morgan fingerprint density at radius 1 is 1.57 bits per heavy atom. The highest BCUT2D eigenvalue weighted by Crippen LogP contribution is 2.30. The molecule has 2 aliphatic rings. The fraction of sp³-hybridized carbons (Fsp3) is 0.700. The zero-order valence-corrected chi connectivity index (χ0v) is 8.25. The maximum absolute atomic E-state index is 10.9. The molecule has 0 unspecified atom stereocenters. The standard InChI is InChI=1S/C10H14O4/c1-7(11)14-10-4-2-3-9-8(10)5-12-6-13-9/h10H,2-6H2,1H3/t10-/m0/s1. The maximum Gasteiger partial charge on any atom is 0.303 e. The molecule has 0 spiro atoms. The molecule has 14 heavy (non-hydrogen) atoms. The summed E-state index contributed by atoms with van der Waals surface area (Å²) < 4.78 is 15.7. The Morgan fingerprint density at radius 3 is 3.21 bits per heavy atom. The van der Waals surface area contributed by atoms with Gasteiger partial charge in [0.2, 0.25) is 0 Å². The molecule has 1 aliphatic carbocycles. The summed E-state index contributed by atoms with van der Waals surface area (Å²) in [6, 6.07) is 0. The molecule has 4 nitrogen and oxygen atoms in total. The number of hydrogen-bond acceptors (Lipinski definition) is 4. The molecule has 0 bridgehead atoms. The van der Waals surface area contributed by atoms with Crippen LogP contribution in [0, 0.1) is 0 Å². The van der Waals surface area contributed by atoms with Crippen LogP contribution in [0.1, 0.15) is 26.2 Å². The summed E-state index contributed by atoms with van der Waals surface area (Å²) in [6.07, 6.45) is 2.70. The Bertz CT molecular complexity index is 265. The van der Waals surface area contributed by atoms with Gasteiger partial charge < -0.3 is 14.2 Å². The Kier molecular flexibility index (Phi) is 2.72. The Hall–Kier alpha value is -1.03. The third-order valence-corrected chi connectivity index (χ3v) is 2.50. The normalized spacial score (nSPS) is 26.5. The van der Waals surface area contributed by atoms with Crippen molar-refractivity contribution in [2.24, 2.45) is 0 Å². The summed E-state index contributed by atoms with van der Waals surface area (Å²) in [4.78, 5) is 10.9. The van der Waals surface area contributed by atoms with Gasteiger partial charge in [-0.1, -0.05) is 0 Å². The van der Waals surface area contributed by atoms with Gasteiger partial charge in [0, 0.05) is 18.9 Å². The van der Waals surface area contributed by atoms with E-state index in [9.17, 15) is 4.79 Å². The van der Waals surface area contributed by atoms with Crippen molar-refractivity contribution in [3.63, 3.8) is 0 Å². The second-order valence-corrected chi connectivity index (χ2v) is 3.55. The van der Waals surface area contributed by atoms with Crippen molar-refractivity contribution in [1.82, 2.24) is 0 Å². The number of ether oxygens (including phenoxy) is 3. The van der Waals surface area contributed by atoms with Crippen LogP contribution in [0.3, 0.4) is 0 Å². The lowest BCUT2D eigenvalue weighted by Gasteiger charge is -2.30. The summed E-state index contributed by atoms with van der Waals surface area (Å²) in [5.41, 5.74) is 1.01. The van der Waals surface area contributed by atoms with Gasteiger partial charge >= 0.3 is 5.97 Å². The summed E-state index contributed by atoms with van der Waals surface area (Å²) in [5.74, 6) is 0.725. The minimum absolute atomic E-state index is 0.128. The SMILES string of the molecule is CC(=O)O[C@H]1CCCC2=C1COCO2. The van der Waals surface area contributed by atoms with Crippen molar-refractivity contribution >= 4 is 5.97 Å². The van der Waals surface area contributed by atoms with Gasteiger partial charge in [0.1, 0.15) is 11.9 Å². The molecule has 0 aromatic carbocycles. The highest BCUT2D eigenvalue weighted by atomic mass is 16.7. The smallest absolute Gasteiger partial charge is 0.303 e. The largest absolute Gasteiger partial charge is 0.472 e. The number of esters is 1. The van der Waals surface area contributed by atoms with Gasteiger partial charge in [0.15, 0.2) is 6.79 Å². The number of carbonyl (C=O) groups excluding carboxylic acids is 1. The van der Waals surface area contributed by atoms with Crippen LogP contribution in [-0.2, 0) is 19.0 Å². The molecule has 0 amide bonds. The first-order valence-corrected chi connectivity index (χ1v) is 4.87. The average Bonchev–Trinajstić information content (AvgIpc) is 2.18. The first-order chi connectivity index (χ1) is 6.77. The molecule has 0 aromatic heterocycles. The molecule has 0 N–H and O–H groups in total. The first-order valence-electron chi connectivity index (χ1n) is 4.87. The van der Waals surface area contributed by atoms with Crippen LogP contribution in [0.2, 0.25) is 0 Å². The van der Waals surface area contributed by atoms with Crippen LogP contribution < -0.4 is 0 Å². The predicted molar refractivity (Wildman–Crippen MR) is 48.3 cm³/mol. The number of carbonyl (C=O) groups is 1. The number of allylic oxidation sites excluding steroid dienone is 1. The van der Waals surface area contributed by atoms with E-state index in [1.807, 2.05) is 0 Å². The molecule has 2 rings (SSSR count). The van der Waals surface area contributed by atoms with Gasteiger partial charge in [-0.05, 0) is 12.8 Å². The van der Waals surface area contributed by atoms with E-state index in [1.165, 1.54) is 6.92 Å². The van der Waals surface area contributed by atoms with E-state index in [1.54, 1.807) is 0 Å². The van der Waals surface area contributed by atoms with Crippen LogP contribution in [0.4, 0.5) is 0 Å². The third kappa shape index (κ3) is 1.90. The molecular weight excluding hydrogens is 184 g/mol. The highest BCUT2D eigenvalue weighted by Gasteiger charge is 2.28. The van der Waals surface area contributed by atoms with Crippen molar-refractivity contribution in [2.75, 3.05) is 13.4 Å². The van der Waals surface area contributed by atoms with Crippen molar-refractivity contribution in [1.29, 1.82) is 0 Å². The maximum atomic E-state index is 10.9. The van der Waals surface area contributed by atoms with E-state index in [-0.39, 0.29) is 12.1 Å². The van der Waals surface area contributed by atoms with Crippen LogP contribution in [0.5, 0.6) is 0 Å². The molecule has 1 aliphatic heterocycles. The average molecular weight is 198 g/mol. The fourth-order valence-corrected chi connectivity index (χ4v) is 1.90. The lowest BCUT2D eigenvalue weighted by Crippen LogP contribution is -2.30. The molecule has 1 atom stereocenters. The molecule has 1 heterocycles. The van der Waals surface area contributed by atoms with Crippen molar-refractivity contribution in [3.05, 3.63) is 11.3 Å². The molecule has 0 fully saturated rings. The van der Waals surface area contributed by atoms with E-state index in [0.717, 1.165) is 30.6 Å². The van der Waals surface area contributed by atoms with Gasteiger partial charge in [-0.3, -0.25) is 4.79 Å². The van der Waals surface area contributed by atoms with Gasteiger partial charge in [0.25, 0.3) is 0 Å². The van der Waals surface area contributed by atoms with Gasteiger partial charge in [0.05, 0.1) is 6.61 Å². The minimum Gasteiger partial charge on any atom is -0.472 e.